The van der Waals surface area contributed by atoms with Crippen LogP contribution < -0.4 is 0 Å². The Morgan fingerprint density at radius 1 is 1.00 bits per heavy atom. The van der Waals surface area contributed by atoms with Crippen LogP contribution in [0.25, 0.3) is 0 Å². The van der Waals surface area contributed by atoms with Crippen molar-refractivity contribution >= 4 is 10.0 Å². The molecule has 0 aliphatic rings. The standard InChI is InChI=1S/C16H28N2O2S/c1-4-15-21(19,20)18(14-13-17(2)3)12-8-11-16-9-6-5-7-10-16/h5-7,9-10H,4,8,11-15H2,1-3H3. The van der Waals surface area contributed by atoms with E-state index in [4.69, 9.17) is 0 Å². The van der Waals surface area contributed by atoms with E-state index in [0.717, 1.165) is 19.4 Å². The second-order valence-corrected chi connectivity index (χ2v) is 7.70. The second-order valence-electron chi connectivity index (χ2n) is 5.61. The van der Waals surface area contributed by atoms with Gasteiger partial charge in [0.2, 0.25) is 10.0 Å². The summed E-state index contributed by atoms with van der Waals surface area (Å²) in [6, 6.07) is 10.2. The van der Waals surface area contributed by atoms with Crippen molar-refractivity contribution in [1.29, 1.82) is 0 Å². The summed E-state index contributed by atoms with van der Waals surface area (Å²) in [7, 11) is 0.818. The van der Waals surface area contributed by atoms with Crippen LogP contribution in [0.2, 0.25) is 0 Å². The number of hydrogen-bond donors (Lipinski definition) is 0. The highest BCUT2D eigenvalue weighted by molar-refractivity contribution is 7.89. The zero-order valence-electron chi connectivity index (χ0n) is 13.5. The van der Waals surface area contributed by atoms with Gasteiger partial charge < -0.3 is 4.90 Å². The van der Waals surface area contributed by atoms with Crippen LogP contribution in [-0.4, -0.2) is 57.1 Å². The fourth-order valence-corrected chi connectivity index (χ4v) is 3.73. The first-order valence-corrected chi connectivity index (χ1v) is 9.23. The van der Waals surface area contributed by atoms with Gasteiger partial charge in [-0.05, 0) is 38.9 Å². The topological polar surface area (TPSA) is 40.6 Å². The SMILES string of the molecule is CCCS(=O)(=O)N(CCCc1ccccc1)CCN(C)C. The zero-order chi connectivity index (χ0) is 15.7. The molecular formula is C16H28N2O2S. The van der Waals surface area contributed by atoms with Gasteiger partial charge in [0.05, 0.1) is 5.75 Å². The quantitative estimate of drug-likeness (QED) is 0.665. The summed E-state index contributed by atoms with van der Waals surface area (Å²) in [5.74, 6) is 0.242. The van der Waals surface area contributed by atoms with Crippen molar-refractivity contribution in [3.8, 4) is 0 Å². The van der Waals surface area contributed by atoms with E-state index in [1.807, 2.05) is 44.1 Å². The van der Waals surface area contributed by atoms with Crippen LogP contribution in [-0.2, 0) is 16.4 Å². The van der Waals surface area contributed by atoms with E-state index in [9.17, 15) is 8.42 Å². The van der Waals surface area contributed by atoms with Crippen molar-refractivity contribution in [2.75, 3.05) is 39.5 Å². The molecule has 0 aromatic heterocycles. The first kappa shape index (κ1) is 18.1. The van der Waals surface area contributed by atoms with E-state index in [-0.39, 0.29) is 5.75 Å². The summed E-state index contributed by atoms with van der Waals surface area (Å²) in [5.41, 5.74) is 1.26. The van der Waals surface area contributed by atoms with E-state index in [1.54, 1.807) is 4.31 Å². The molecule has 0 heterocycles. The molecule has 0 bridgehead atoms. The molecule has 0 unspecified atom stereocenters. The van der Waals surface area contributed by atoms with Gasteiger partial charge in [-0.25, -0.2) is 12.7 Å². The molecule has 0 radical (unpaired) electrons. The Bertz CT molecular complexity index is 486. The molecule has 0 aliphatic heterocycles. The lowest BCUT2D eigenvalue weighted by Gasteiger charge is -2.23. The van der Waals surface area contributed by atoms with Crippen molar-refractivity contribution in [2.24, 2.45) is 0 Å². The number of aryl methyl sites for hydroxylation is 1. The van der Waals surface area contributed by atoms with E-state index in [1.165, 1.54) is 5.56 Å². The Labute approximate surface area is 129 Å². The average molecular weight is 312 g/mol. The van der Waals surface area contributed by atoms with Crippen molar-refractivity contribution in [3.63, 3.8) is 0 Å². The summed E-state index contributed by atoms with van der Waals surface area (Å²) in [4.78, 5) is 2.02. The molecule has 1 aromatic rings. The fraction of sp³-hybridized carbons (Fsp3) is 0.625. The van der Waals surface area contributed by atoms with Gasteiger partial charge in [0.25, 0.3) is 0 Å². The van der Waals surface area contributed by atoms with Gasteiger partial charge in [-0.2, -0.15) is 0 Å². The summed E-state index contributed by atoms with van der Waals surface area (Å²) in [6.07, 6.45) is 2.45. The minimum absolute atomic E-state index is 0.242. The van der Waals surface area contributed by atoms with Crippen molar-refractivity contribution < 1.29 is 8.42 Å². The van der Waals surface area contributed by atoms with Gasteiger partial charge in [-0.15, -0.1) is 0 Å². The van der Waals surface area contributed by atoms with Gasteiger partial charge >= 0.3 is 0 Å². The third-order valence-electron chi connectivity index (χ3n) is 3.37. The minimum Gasteiger partial charge on any atom is -0.308 e. The monoisotopic (exact) mass is 312 g/mol. The minimum atomic E-state index is -3.12. The molecule has 120 valence electrons. The van der Waals surface area contributed by atoms with E-state index in [2.05, 4.69) is 12.1 Å². The lowest BCUT2D eigenvalue weighted by molar-refractivity contribution is 0.330. The van der Waals surface area contributed by atoms with E-state index < -0.39 is 10.0 Å². The zero-order valence-corrected chi connectivity index (χ0v) is 14.3. The molecule has 4 nitrogen and oxygen atoms in total. The van der Waals surface area contributed by atoms with Gasteiger partial charge in [-0.3, -0.25) is 0 Å². The molecule has 0 N–H and O–H groups in total. The molecule has 0 saturated carbocycles. The van der Waals surface area contributed by atoms with Crippen molar-refractivity contribution in [3.05, 3.63) is 35.9 Å². The Balaban J connectivity index is 2.56. The highest BCUT2D eigenvalue weighted by atomic mass is 32.2. The van der Waals surface area contributed by atoms with Crippen LogP contribution in [0, 0.1) is 0 Å². The number of likely N-dealkylation sites (N-methyl/N-ethyl adjacent to an activating group) is 1. The predicted octanol–water partition coefficient (Wildman–Crippen LogP) is 2.22. The Morgan fingerprint density at radius 2 is 1.67 bits per heavy atom. The van der Waals surface area contributed by atoms with Crippen molar-refractivity contribution in [2.45, 2.75) is 26.2 Å². The molecule has 0 spiro atoms. The van der Waals surface area contributed by atoms with Crippen LogP contribution in [0.1, 0.15) is 25.3 Å². The maximum atomic E-state index is 12.3. The summed E-state index contributed by atoms with van der Waals surface area (Å²) in [5, 5.41) is 0. The Kier molecular flexibility index (Phi) is 7.93. The third kappa shape index (κ3) is 7.07. The molecule has 1 rings (SSSR count). The lowest BCUT2D eigenvalue weighted by atomic mass is 10.1. The second kappa shape index (κ2) is 9.18. The van der Waals surface area contributed by atoms with E-state index >= 15 is 0 Å². The first-order valence-electron chi connectivity index (χ1n) is 7.62. The summed E-state index contributed by atoms with van der Waals surface area (Å²) < 4.78 is 26.2. The van der Waals surface area contributed by atoms with Crippen LogP contribution in [0.3, 0.4) is 0 Å². The molecule has 21 heavy (non-hydrogen) atoms. The number of nitrogens with zero attached hydrogens (tertiary/aromatic N) is 2. The van der Waals surface area contributed by atoms with Gasteiger partial charge in [0.15, 0.2) is 0 Å². The molecule has 0 saturated heterocycles. The molecule has 5 heteroatoms. The predicted molar refractivity (Wildman–Crippen MR) is 89.0 cm³/mol. The van der Waals surface area contributed by atoms with Gasteiger partial charge in [-0.1, -0.05) is 37.3 Å². The lowest BCUT2D eigenvalue weighted by Crippen LogP contribution is -2.38. The molecule has 0 aliphatic carbocycles. The third-order valence-corrected chi connectivity index (χ3v) is 5.44. The molecule has 0 atom stereocenters. The van der Waals surface area contributed by atoms with Gasteiger partial charge in [0, 0.05) is 19.6 Å². The van der Waals surface area contributed by atoms with Crippen LogP contribution in [0.5, 0.6) is 0 Å². The first-order chi connectivity index (χ1) is 9.95. The largest absolute Gasteiger partial charge is 0.308 e. The van der Waals surface area contributed by atoms with Gasteiger partial charge in [0.1, 0.15) is 0 Å². The molecule has 0 fully saturated rings. The Morgan fingerprint density at radius 3 is 2.24 bits per heavy atom. The van der Waals surface area contributed by atoms with E-state index in [0.29, 0.717) is 19.5 Å². The fourth-order valence-electron chi connectivity index (χ4n) is 2.19. The highest BCUT2D eigenvalue weighted by Gasteiger charge is 2.20. The smallest absolute Gasteiger partial charge is 0.214 e. The Hall–Kier alpha value is -0.910. The maximum absolute atomic E-state index is 12.3. The summed E-state index contributed by atoms with van der Waals surface area (Å²) >= 11 is 0. The maximum Gasteiger partial charge on any atom is 0.214 e. The number of rotatable bonds is 10. The molecule has 1 aromatic carbocycles. The summed E-state index contributed by atoms with van der Waals surface area (Å²) in [6.45, 7) is 3.84. The number of sulfonamides is 1. The van der Waals surface area contributed by atoms with Crippen molar-refractivity contribution in [1.82, 2.24) is 9.21 Å². The molecular weight excluding hydrogens is 284 g/mol. The highest BCUT2D eigenvalue weighted by Crippen LogP contribution is 2.08. The average Bonchev–Trinajstić information content (AvgIpc) is 2.43. The van der Waals surface area contributed by atoms with Crippen LogP contribution in [0.15, 0.2) is 30.3 Å². The van der Waals surface area contributed by atoms with Crippen LogP contribution >= 0.6 is 0 Å². The normalized spacial score (nSPS) is 12.2. The number of hydrogen-bond acceptors (Lipinski definition) is 3. The molecule has 0 amide bonds. The number of benzene rings is 1. The van der Waals surface area contributed by atoms with Crippen LogP contribution in [0.4, 0.5) is 0 Å².